The van der Waals surface area contributed by atoms with Crippen molar-refractivity contribution in [1.82, 2.24) is 10.1 Å². The first-order chi connectivity index (χ1) is 10.2. The third kappa shape index (κ3) is 2.60. The van der Waals surface area contributed by atoms with Crippen LogP contribution in [-0.4, -0.2) is 17.3 Å². The Balaban J connectivity index is 2.07. The first-order valence-corrected chi connectivity index (χ1v) is 6.49. The highest BCUT2D eigenvalue weighted by Gasteiger charge is 2.16. The molecule has 106 valence electrons. The van der Waals surface area contributed by atoms with Crippen LogP contribution in [0.2, 0.25) is 5.02 Å². The van der Waals surface area contributed by atoms with Crippen molar-refractivity contribution in [2.45, 2.75) is 0 Å². The van der Waals surface area contributed by atoms with Crippen molar-refractivity contribution in [3.63, 3.8) is 0 Å². The van der Waals surface area contributed by atoms with E-state index in [4.69, 9.17) is 20.9 Å². The minimum atomic E-state index is -0.425. The van der Waals surface area contributed by atoms with Crippen LogP contribution in [0.25, 0.3) is 22.8 Å². The van der Waals surface area contributed by atoms with Crippen LogP contribution in [0.3, 0.4) is 0 Å². The van der Waals surface area contributed by atoms with Gasteiger partial charge in [0.2, 0.25) is 5.82 Å². The van der Waals surface area contributed by atoms with Crippen LogP contribution in [-0.2, 0) is 0 Å². The molecule has 0 aliphatic carbocycles. The van der Waals surface area contributed by atoms with Crippen LogP contribution >= 0.6 is 11.6 Å². The van der Waals surface area contributed by atoms with Gasteiger partial charge in [0.25, 0.3) is 5.89 Å². The predicted molar refractivity (Wildman–Crippen MR) is 76.7 cm³/mol. The molecule has 0 atom stereocenters. The van der Waals surface area contributed by atoms with Gasteiger partial charge in [0.1, 0.15) is 11.6 Å². The maximum absolute atomic E-state index is 13.7. The molecule has 0 amide bonds. The summed E-state index contributed by atoms with van der Waals surface area (Å²) in [5.74, 6) is 0.517. The zero-order chi connectivity index (χ0) is 14.8. The summed E-state index contributed by atoms with van der Waals surface area (Å²) >= 11 is 5.97. The van der Waals surface area contributed by atoms with E-state index in [0.717, 1.165) is 0 Å². The minimum Gasteiger partial charge on any atom is -0.496 e. The fourth-order valence-electron chi connectivity index (χ4n) is 1.93. The molecular formula is C15H10ClFN2O2. The molecule has 0 aliphatic rings. The Morgan fingerprint density at radius 1 is 1.14 bits per heavy atom. The highest BCUT2D eigenvalue weighted by Crippen LogP contribution is 2.32. The maximum Gasteiger partial charge on any atom is 0.261 e. The zero-order valence-corrected chi connectivity index (χ0v) is 11.8. The molecule has 0 radical (unpaired) electrons. The molecule has 3 aromatic rings. The van der Waals surface area contributed by atoms with E-state index in [9.17, 15) is 4.39 Å². The van der Waals surface area contributed by atoms with E-state index in [1.54, 1.807) is 36.4 Å². The molecule has 0 saturated carbocycles. The van der Waals surface area contributed by atoms with Gasteiger partial charge < -0.3 is 9.26 Å². The summed E-state index contributed by atoms with van der Waals surface area (Å²) in [4.78, 5) is 4.20. The molecule has 0 N–H and O–H groups in total. The average molecular weight is 305 g/mol. The number of hydrogen-bond donors (Lipinski definition) is 0. The number of methoxy groups -OCH3 is 1. The van der Waals surface area contributed by atoms with E-state index in [0.29, 0.717) is 16.3 Å². The van der Waals surface area contributed by atoms with E-state index in [2.05, 4.69) is 10.1 Å². The molecule has 0 aliphatic heterocycles. The number of rotatable bonds is 3. The molecule has 0 fully saturated rings. The van der Waals surface area contributed by atoms with Gasteiger partial charge in [-0.05, 0) is 30.3 Å². The second-order valence-corrected chi connectivity index (χ2v) is 4.68. The molecule has 0 bridgehead atoms. The van der Waals surface area contributed by atoms with E-state index in [1.165, 1.54) is 13.2 Å². The molecule has 2 aromatic carbocycles. The van der Waals surface area contributed by atoms with Crippen molar-refractivity contribution in [3.05, 3.63) is 53.3 Å². The van der Waals surface area contributed by atoms with Crippen molar-refractivity contribution in [2.75, 3.05) is 7.11 Å². The molecule has 21 heavy (non-hydrogen) atoms. The normalized spacial score (nSPS) is 10.6. The van der Waals surface area contributed by atoms with Gasteiger partial charge in [0, 0.05) is 5.02 Å². The largest absolute Gasteiger partial charge is 0.496 e. The fraction of sp³-hybridized carbons (Fsp3) is 0.0667. The van der Waals surface area contributed by atoms with Crippen molar-refractivity contribution in [1.29, 1.82) is 0 Å². The molecule has 1 aromatic heterocycles. The monoisotopic (exact) mass is 304 g/mol. The predicted octanol–water partition coefficient (Wildman–Crippen LogP) is 4.20. The smallest absolute Gasteiger partial charge is 0.261 e. The quantitative estimate of drug-likeness (QED) is 0.727. The third-order valence-corrected chi connectivity index (χ3v) is 3.17. The highest BCUT2D eigenvalue weighted by molar-refractivity contribution is 6.30. The molecule has 0 spiro atoms. The highest BCUT2D eigenvalue weighted by atomic mass is 35.5. The molecule has 0 unspecified atom stereocenters. The number of hydrogen-bond acceptors (Lipinski definition) is 4. The van der Waals surface area contributed by atoms with Gasteiger partial charge in [-0.3, -0.25) is 0 Å². The first-order valence-electron chi connectivity index (χ1n) is 6.11. The SMILES string of the molecule is COc1ccc(Cl)cc1-c1noc(-c2ccccc2F)n1. The molecule has 0 saturated heterocycles. The van der Waals surface area contributed by atoms with Crippen molar-refractivity contribution < 1.29 is 13.7 Å². The molecular weight excluding hydrogens is 295 g/mol. The molecule has 1 heterocycles. The number of benzene rings is 2. The van der Waals surface area contributed by atoms with E-state index >= 15 is 0 Å². The van der Waals surface area contributed by atoms with Gasteiger partial charge in [-0.1, -0.05) is 28.9 Å². The van der Waals surface area contributed by atoms with Gasteiger partial charge in [0.15, 0.2) is 0 Å². The lowest BCUT2D eigenvalue weighted by Crippen LogP contribution is -1.89. The van der Waals surface area contributed by atoms with Gasteiger partial charge in [-0.15, -0.1) is 0 Å². The maximum atomic E-state index is 13.7. The number of ether oxygens (including phenoxy) is 1. The lowest BCUT2D eigenvalue weighted by atomic mass is 10.2. The standard InChI is InChI=1S/C15H10ClFN2O2/c1-20-13-7-6-9(16)8-11(13)14-18-15(21-19-14)10-4-2-3-5-12(10)17/h2-8H,1H3. The Morgan fingerprint density at radius 3 is 2.71 bits per heavy atom. The van der Waals surface area contributed by atoms with E-state index in [1.807, 2.05) is 0 Å². The summed E-state index contributed by atoms with van der Waals surface area (Å²) in [6.45, 7) is 0. The van der Waals surface area contributed by atoms with Gasteiger partial charge >= 0.3 is 0 Å². The van der Waals surface area contributed by atoms with Gasteiger partial charge in [-0.2, -0.15) is 4.98 Å². The second-order valence-electron chi connectivity index (χ2n) is 4.25. The minimum absolute atomic E-state index is 0.102. The molecule has 4 nitrogen and oxygen atoms in total. The van der Waals surface area contributed by atoms with E-state index < -0.39 is 5.82 Å². The fourth-order valence-corrected chi connectivity index (χ4v) is 2.10. The third-order valence-electron chi connectivity index (χ3n) is 2.93. The van der Waals surface area contributed by atoms with Crippen LogP contribution < -0.4 is 4.74 Å². The topological polar surface area (TPSA) is 48.2 Å². The van der Waals surface area contributed by atoms with E-state index in [-0.39, 0.29) is 17.3 Å². The lowest BCUT2D eigenvalue weighted by Gasteiger charge is -2.04. The first kappa shape index (κ1) is 13.6. The average Bonchev–Trinajstić information content (AvgIpc) is 2.97. The van der Waals surface area contributed by atoms with Crippen molar-refractivity contribution in [3.8, 4) is 28.6 Å². The zero-order valence-electron chi connectivity index (χ0n) is 11.0. The van der Waals surface area contributed by atoms with Gasteiger partial charge in [-0.25, -0.2) is 4.39 Å². The van der Waals surface area contributed by atoms with Crippen molar-refractivity contribution >= 4 is 11.6 Å². The molecule has 6 heteroatoms. The summed E-state index contributed by atoms with van der Waals surface area (Å²) in [6.07, 6.45) is 0. The molecule has 3 rings (SSSR count). The summed E-state index contributed by atoms with van der Waals surface area (Å²) in [7, 11) is 1.53. The van der Waals surface area contributed by atoms with Crippen LogP contribution in [0, 0.1) is 5.82 Å². The number of aromatic nitrogens is 2. The Hall–Kier alpha value is -2.40. The van der Waals surface area contributed by atoms with Crippen LogP contribution in [0.4, 0.5) is 4.39 Å². The Labute approximate surface area is 125 Å². The number of nitrogens with zero attached hydrogens (tertiary/aromatic N) is 2. The summed E-state index contributed by atoms with van der Waals surface area (Å²) in [6, 6.07) is 11.3. The Kier molecular flexibility index (Phi) is 3.58. The Bertz CT molecular complexity index is 789. The van der Waals surface area contributed by atoms with Crippen molar-refractivity contribution in [2.24, 2.45) is 0 Å². The van der Waals surface area contributed by atoms with Gasteiger partial charge in [0.05, 0.1) is 18.2 Å². The van der Waals surface area contributed by atoms with Crippen LogP contribution in [0.1, 0.15) is 0 Å². The summed E-state index contributed by atoms with van der Waals surface area (Å²) < 4.78 is 24.1. The second kappa shape index (κ2) is 5.54. The Morgan fingerprint density at radius 2 is 1.95 bits per heavy atom. The van der Waals surface area contributed by atoms with Crippen LogP contribution in [0.15, 0.2) is 47.0 Å². The number of halogens is 2. The summed E-state index contributed by atoms with van der Waals surface area (Å²) in [5.41, 5.74) is 0.827. The summed E-state index contributed by atoms with van der Waals surface area (Å²) in [5, 5.41) is 4.38. The van der Waals surface area contributed by atoms with Crippen LogP contribution in [0.5, 0.6) is 5.75 Å². The lowest BCUT2D eigenvalue weighted by molar-refractivity contribution is 0.413.